The van der Waals surface area contributed by atoms with Crippen LogP contribution in [-0.2, 0) is 19.4 Å². The summed E-state index contributed by atoms with van der Waals surface area (Å²) in [5.74, 6) is 0.963. The summed E-state index contributed by atoms with van der Waals surface area (Å²) < 4.78 is 28.8. The van der Waals surface area contributed by atoms with Crippen LogP contribution in [0.2, 0.25) is 0 Å². The molecule has 2 heterocycles. The molecule has 3 aliphatic rings. The van der Waals surface area contributed by atoms with Crippen LogP contribution in [0.1, 0.15) is 32.6 Å². The van der Waals surface area contributed by atoms with E-state index in [1.54, 1.807) is 4.90 Å². The molecule has 2 aliphatic heterocycles. The number of ether oxygens (including phenoxy) is 1. The van der Waals surface area contributed by atoms with Crippen LogP contribution in [0.15, 0.2) is 0 Å². The van der Waals surface area contributed by atoms with Crippen molar-refractivity contribution in [3.8, 4) is 0 Å². The summed E-state index contributed by atoms with van der Waals surface area (Å²) in [4.78, 5) is 16.8. The monoisotopic (exact) mass is 344 g/mol. The number of likely N-dealkylation sites (N-methyl/N-ethyl adjacent to an activating group) is 1. The average molecular weight is 344 g/mol. The fraction of sp³-hybridized carbons (Fsp3) is 0.938. The van der Waals surface area contributed by atoms with Crippen LogP contribution in [0, 0.1) is 5.92 Å². The number of hydrogen-bond donors (Lipinski definition) is 0. The van der Waals surface area contributed by atoms with Crippen molar-refractivity contribution in [3.05, 3.63) is 0 Å². The van der Waals surface area contributed by atoms with E-state index in [-0.39, 0.29) is 23.5 Å². The SMILES string of the molecule is CCN(C(=O)CN(C[C@H]1CCOC1)C1CC1)[C@@H]1CCS(=O)(=O)C1. The van der Waals surface area contributed by atoms with Crippen LogP contribution in [0.3, 0.4) is 0 Å². The molecule has 6 nitrogen and oxygen atoms in total. The molecule has 132 valence electrons. The Morgan fingerprint density at radius 2 is 1.96 bits per heavy atom. The van der Waals surface area contributed by atoms with Gasteiger partial charge in [0.25, 0.3) is 0 Å². The van der Waals surface area contributed by atoms with Gasteiger partial charge in [0.1, 0.15) is 0 Å². The van der Waals surface area contributed by atoms with Crippen molar-refractivity contribution in [2.75, 3.05) is 44.4 Å². The Morgan fingerprint density at radius 1 is 1.17 bits per heavy atom. The molecule has 1 amide bonds. The zero-order chi connectivity index (χ0) is 16.4. The highest BCUT2D eigenvalue weighted by molar-refractivity contribution is 7.91. The molecule has 23 heavy (non-hydrogen) atoms. The minimum Gasteiger partial charge on any atom is -0.381 e. The average Bonchev–Trinajstić information content (AvgIpc) is 3.11. The van der Waals surface area contributed by atoms with Crippen molar-refractivity contribution >= 4 is 15.7 Å². The first kappa shape index (κ1) is 17.2. The first-order valence-electron chi connectivity index (χ1n) is 8.80. The van der Waals surface area contributed by atoms with Crippen molar-refractivity contribution in [2.24, 2.45) is 5.92 Å². The summed E-state index contributed by atoms with van der Waals surface area (Å²) in [5, 5.41) is 0. The molecule has 0 aromatic rings. The lowest BCUT2D eigenvalue weighted by Crippen LogP contribution is -2.47. The predicted octanol–water partition coefficient (Wildman–Crippen LogP) is 0.523. The van der Waals surface area contributed by atoms with Gasteiger partial charge in [0, 0.05) is 31.8 Å². The minimum atomic E-state index is -2.96. The van der Waals surface area contributed by atoms with E-state index in [1.165, 1.54) is 12.8 Å². The van der Waals surface area contributed by atoms with Crippen molar-refractivity contribution in [1.82, 2.24) is 9.80 Å². The lowest BCUT2D eigenvalue weighted by atomic mass is 10.1. The van der Waals surface area contributed by atoms with E-state index in [0.29, 0.717) is 31.5 Å². The Morgan fingerprint density at radius 3 is 2.48 bits per heavy atom. The molecule has 0 spiro atoms. The number of rotatable bonds is 7. The molecule has 3 fully saturated rings. The highest BCUT2D eigenvalue weighted by Crippen LogP contribution is 2.29. The van der Waals surface area contributed by atoms with Crippen LogP contribution in [0.25, 0.3) is 0 Å². The number of nitrogens with zero attached hydrogens (tertiary/aromatic N) is 2. The molecule has 1 saturated carbocycles. The maximum atomic E-state index is 12.7. The summed E-state index contributed by atoms with van der Waals surface area (Å²) in [6.07, 6.45) is 4.01. The third kappa shape index (κ3) is 4.45. The smallest absolute Gasteiger partial charge is 0.237 e. The number of sulfone groups is 1. The van der Waals surface area contributed by atoms with Crippen LogP contribution in [-0.4, -0.2) is 80.6 Å². The van der Waals surface area contributed by atoms with Crippen molar-refractivity contribution in [3.63, 3.8) is 0 Å². The first-order valence-corrected chi connectivity index (χ1v) is 10.6. The molecular formula is C16H28N2O4S. The lowest BCUT2D eigenvalue weighted by Gasteiger charge is -2.31. The Kier molecular flexibility index (Phi) is 5.28. The number of carbonyl (C=O) groups excluding carboxylic acids is 1. The second-order valence-corrected chi connectivity index (χ2v) is 9.36. The molecule has 0 N–H and O–H groups in total. The maximum absolute atomic E-state index is 12.7. The van der Waals surface area contributed by atoms with Crippen LogP contribution in [0.5, 0.6) is 0 Å². The third-order valence-corrected chi connectivity index (χ3v) is 6.98. The first-order chi connectivity index (χ1) is 11.0. The normalized spacial score (nSPS) is 30.0. The zero-order valence-corrected chi connectivity index (χ0v) is 14.8. The van der Waals surface area contributed by atoms with Crippen molar-refractivity contribution in [2.45, 2.75) is 44.7 Å². The number of carbonyl (C=O) groups is 1. The van der Waals surface area contributed by atoms with Gasteiger partial charge < -0.3 is 9.64 Å². The Hall–Kier alpha value is -0.660. The predicted molar refractivity (Wildman–Crippen MR) is 88.0 cm³/mol. The molecule has 0 radical (unpaired) electrons. The Balaban J connectivity index is 1.58. The van der Waals surface area contributed by atoms with Gasteiger partial charge in [-0.25, -0.2) is 8.42 Å². The third-order valence-electron chi connectivity index (χ3n) is 5.23. The fourth-order valence-corrected chi connectivity index (χ4v) is 5.50. The van der Waals surface area contributed by atoms with Crippen LogP contribution >= 0.6 is 0 Å². The van der Waals surface area contributed by atoms with Gasteiger partial charge in [-0.2, -0.15) is 0 Å². The van der Waals surface area contributed by atoms with E-state index in [1.807, 2.05) is 6.92 Å². The highest BCUT2D eigenvalue weighted by atomic mass is 32.2. The van der Waals surface area contributed by atoms with E-state index in [0.717, 1.165) is 26.2 Å². The van der Waals surface area contributed by atoms with E-state index in [2.05, 4.69) is 4.90 Å². The lowest BCUT2D eigenvalue weighted by molar-refractivity contribution is -0.134. The van der Waals surface area contributed by atoms with Gasteiger partial charge in [-0.1, -0.05) is 0 Å². The molecular weight excluding hydrogens is 316 g/mol. The fourth-order valence-electron chi connectivity index (χ4n) is 3.77. The van der Waals surface area contributed by atoms with Crippen molar-refractivity contribution < 1.29 is 17.9 Å². The van der Waals surface area contributed by atoms with Gasteiger partial charge >= 0.3 is 0 Å². The Bertz CT molecular complexity index is 526. The molecule has 3 rings (SSSR count). The highest BCUT2D eigenvalue weighted by Gasteiger charge is 2.37. The molecule has 2 saturated heterocycles. The number of amides is 1. The van der Waals surface area contributed by atoms with Crippen LogP contribution in [0.4, 0.5) is 0 Å². The van der Waals surface area contributed by atoms with E-state index in [9.17, 15) is 13.2 Å². The van der Waals surface area contributed by atoms with E-state index >= 15 is 0 Å². The van der Waals surface area contributed by atoms with Gasteiger partial charge in [-0.3, -0.25) is 9.69 Å². The van der Waals surface area contributed by atoms with Gasteiger partial charge in [0.2, 0.25) is 5.91 Å². The quantitative estimate of drug-likeness (QED) is 0.674. The summed E-state index contributed by atoms with van der Waals surface area (Å²) >= 11 is 0. The van der Waals surface area contributed by atoms with Gasteiger partial charge in [0.15, 0.2) is 9.84 Å². The van der Waals surface area contributed by atoms with Gasteiger partial charge in [-0.05, 0) is 38.5 Å². The Labute approximate surface area is 139 Å². The van der Waals surface area contributed by atoms with E-state index in [4.69, 9.17) is 4.74 Å². The summed E-state index contributed by atoms with van der Waals surface area (Å²) in [6.45, 7) is 5.51. The number of hydrogen-bond acceptors (Lipinski definition) is 5. The molecule has 2 atom stereocenters. The molecule has 0 aromatic heterocycles. The second-order valence-electron chi connectivity index (χ2n) is 7.13. The van der Waals surface area contributed by atoms with Gasteiger partial charge in [0.05, 0.1) is 24.7 Å². The maximum Gasteiger partial charge on any atom is 0.237 e. The summed E-state index contributed by atoms with van der Waals surface area (Å²) in [7, 11) is -2.96. The standard InChI is InChI=1S/C16H28N2O4S/c1-2-18(15-6-8-23(20,21)12-15)16(19)10-17(14-3-4-14)9-13-5-7-22-11-13/h13-15H,2-12H2,1H3/t13-,15-/m1/s1. The molecule has 0 unspecified atom stereocenters. The molecule has 0 bridgehead atoms. The van der Waals surface area contributed by atoms with Crippen LogP contribution < -0.4 is 0 Å². The van der Waals surface area contributed by atoms with Gasteiger partial charge in [-0.15, -0.1) is 0 Å². The minimum absolute atomic E-state index is 0.0837. The second kappa shape index (κ2) is 7.07. The largest absolute Gasteiger partial charge is 0.381 e. The molecule has 1 aliphatic carbocycles. The van der Waals surface area contributed by atoms with Crippen molar-refractivity contribution in [1.29, 1.82) is 0 Å². The topological polar surface area (TPSA) is 66.9 Å². The van der Waals surface area contributed by atoms with E-state index < -0.39 is 9.84 Å². The summed E-state index contributed by atoms with van der Waals surface area (Å²) in [5.41, 5.74) is 0. The zero-order valence-electron chi connectivity index (χ0n) is 13.9. The summed E-state index contributed by atoms with van der Waals surface area (Å²) in [6, 6.07) is 0.402. The molecule has 0 aromatic carbocycles. The molecule has 7 heteroatoms.